The van der Waals surface area contributed by atoms with E-state index in [1.54, 1.807) is 0 Å². The molecule has 0 spiro atoms. The molecule has 1 aliphatic heterocycles. The van der Waals surface area contributed by atoms with Gasteiger partial charge in [-0.05, 0) is 36.2 Å². The smallest absolute Gasteiger partial charge is 0.0314 e. The Hall–Kier alpha value is -1.28. The van der Waals surface area contributed by atoms with Crippen LogP contribution in [0.2, 0.25) is 0 Å². The third-order valence-electron chi connectivity index (χ3n) is 2.78. The fourth-order valence-corrected chi connectivity index (χ4v) is 1.89. The minimum atomic E-state index is 0. The second-order valence-electron chi connectivity index (χ2n) is 4.00. The summed E-state index contributed by atoms with van der Waals surface area (Å²) in [7, 11) is 2.15. The van der Waals surface area contributed by atoms with Crippen molar-refractivity contribution in [3.05, 3.63) is 41.5 Å². The van der Waals surface area contributed by atoms with Gasteiger partial charge in [-0.1, -0.05) is 18.7 Å². The summed E-state index contributed by atoms with van der Waals surface area (Å²) in [4.78, 5) is 2.33. The fraction of sp³-hybridized carbons (Fsp3) is 0.333. The molecule has 1 heterocycles. The summed E-state index contributed by atoms with van der Waals surface area (Å²) < 4.78 is 0. The molecule has 2 nitrogen and oxygen atoms in total. The van der Waals surface area contributed by atoms with Gasteiger partial charge in [0.25, 0.3) is 0 Å². The van der Waals surface area contributed by atoms with Gasteiger partial charge in [0, 0.05) is 20.2 Å². The third kappa shape index (κ3) is 1.66. The van der Waals surface area contributed by atoms with Gasteiger partial charge in [0.15, 0.2) is 0 Å². The van der Waals surface area contributed by atoms with Gasteiger partial charge in [-0.3, -0.25) is 0 Å². The molecule has 0 saturated carbocycles. The molecule has 76 valence electrons. The van der Waals surface area contributed by atoms with Crippen LogP contribution < -0.4 is 5.73 Å². The Morgan fingerprint density at radius 1 is 1.50 bits per heavy atom. The molecule has 0 aliphatic carbocycles. The van der Waals surface area contributed by atoms with E-state index in [1.165, 1.54) is 11.1 Å². The number of fused-ring (bicyclic) bond motifs is 1. The maximum Gasteiger partial charge on any atom is 0.0314 e. The first-order valence-electron chi connectivity index (χ1n) is 4.92. The van der Waals surface area contributed by atoms with Crippen LogP contribution in [0.1, 0.15) is 18.1 Å². The van der Waals surface area contributed by atoms with E-state index in [-0.39, 0.29) is 1.43 Å². The Labute approximate surface area is 86.5 Å². The molecule has 1 aromatic rings. The first-order valence-corrected chi connectivity index (χ1v) is 4.92. The number of likely N-dealkylation sites (N-methyl/N-ethyl adjacent to an activating group) is 1. The molecule has 0 amide bonds. The van der Waals surface area contributed by atoms with Crippen molar-refractivity contribution < 1.29 is 1.43 Å². The Balaban J connectivity index is 0.00000112. The van der Waals surface area contributed by atoms with Crippen molar-refractivity contribution in [1.82, 2.24) is 4.90 Å². The molecule has 0 radical (unpaired) electrons. The number of nitrogens with two attached hydrogens (primary N) is 1. The highest BCUT2D eigenvalue weighted by Gasteiger charge is 2.13. The molecule has 1 aromatic carbocycles. The maximum absolute atomic E-state index is 5.67. The van der Waals surface area contributed by atoms with Gasteiger partial charge < -0.3 is 10.6 Å². The summed E-state index contributed by atoms with van der Waals surface area (Å²) in [6, 6.07) is 6.39. The fourth-order valence-electron chi connectivity index (χ4n) is 1.89. The zero-order valence-corrected chi connectivity index (χ0v) is 8.59. The van der Waals surface area contributed by atoms with Gasteiger partial charge in [-0.2, -0.15) is 0 Å². The predicted molar refractivity (Wildman–Crippen MR) is 61.8 cm³/mol. The van der Waals surface area contributed by atoms with Crippen molar-refractivity contribution in [3.63, 3.8) is 0 Å². The van der Waals surface area contributed by atoms with Crippen LogP contribution >= 0.6 is 0 Å². The molecule has 0 bridgehead atoms. The minimum Gasteiger partial charge on any atom is -0.399 e. The third-order valence-corrected chi connectivity index (χ3v) is 2.78. The molecule has 1 aliphatic rings. The van der Waals surface area contributed by atoms with Gasteiger partial charge in [0.05, 0.1) is 0 Å². The van der Waals surface area contributed by atoms with Crippen LogP contribution in [0.15, 0.2) is 24.8 Å². The van der Waals surface area contributed by atoms with Crippen molar-refractivity contribution >= 4 is 5.70 Å². The number of rotatable bonds is 1. The van der Waals surface area contributed by atoms with E-state index >= 15 is 0 Å². The minimum absolute atomic E-state index is 0. The first kappa shape index (κ1) is 9.28. The Bertz CT molecular complexity index is 374. The van der Waals surface area contributed by atoms with Crippen molar-refractivity contribution in [2.75, 3.05) is 13.6 Å². The Kier molecular flexibility index (Phi) is 2.30. The summed E-state index contributed by atoms with van der Waals surface area (Å²) in [5.74, 6) is 0. The van der Waals surface area contributed by atoms with E-state index in [0.717, 1.165) is 25.1 Å². The molecule has 2 N–H and O–H groups in total. The lowest BCUT2D eigenvalue weighted by Crippen LogP contribution is -2.26. The monoisotopic (exact) mass is 190 g/mol. The quantitative estimate of drug-likeness (QED) is 0.732. The molecule has 0 saturated heterocycles. The second kappa shape index (κ2) is 3.46. The largest absolute Gasteiger partial charge is 0.399 e. The molecule has 0 atom stereocenters. The average molecular weight is 190 g/mol. The van der Waals surface area contributed by atoms with Gasteiger partial charge in [-0.25, -0.2) is 0 Å². The summed E-state index contributed by atoms with van der Waals surface area (Å²) in [6.45, 7) is 5.94. The second-order valence-corrected chi connectivity index (χ2v) is 4.00. The lowest BCUT2D eigenvalue weighted by Gasteiger charge is -2.25. The van der Waals surface area contributed by atoms with Gasteiger partial charge >= 0.3 is 0 Å². The highest BCUT2D eigenvalue weighted by molar-refractivity contribution is 5.61. The van der Waals surface area contributed by atoms with E-state index in [0.29, 0.717) is 5.70 Å². The molecule has 2 rings (SSSR count). The lowest BCUT2D eigenvalue weighted by molar-refractivity contribution is 0.313. The van der Waals surface area contributed by atoms with Crippen LogP contribution in [-0.2, 0) is 13.0 Å². The van der Waals surface area contributed by atoms with Crippen LogP contribution in [0, 0.1) is 0 Å². The van der Waals surface area contributed by atoms with E-state index in [2.05, 4.69) is 36.7 Å². The van der Waals surface area contributed by atoms with Gasteiger partial charge in [-0.15, -0.1) is 0 Å². The van der Waals surface area contributed by atoms with Gasteiger partial charge in [0.2, 0.25) is 0 Å². The highest BCUT2D eigenvalue weighted by Crippen LogP contribution is 2.20. The molecule has 0 unspecified atom stereocenters. The summed E-state index contributed by atoms with van der Waals surface area (Å²) >= 11 is 0. The van der Waals surface area contributed by atoms with Crippen molar-refractivity contribution in [1.29, 1.82) is 0 Å². The zero-order chi connectivity index (χ0) is 10.1. The van der Waals surface area contributed by atoms with E-state index in [9.17, 15) is 0 Å². The lowest BCUT2D eigenvalue weighted by atomic mass is 9.97. The van der Waals surface area contributed by atoms with Crippen LogP contribution in [0.5, 0.6) is 0 Å². The van der Waals surface area contributed by atoms with Crippen LogP contribution in [-0.4, -0.2) is 18.5 Å². The molecular weight excluding hydrogens is 172 g/mol. The molecule has 2 heteroatoms. The van der Waals surface area contributed by atoms with Gasteiger partial charge in [0.1, 0.15) is 0 Å². The van der Waals surface area contributed by atoms with E-state index in [4.69, 9.17) is 5.73 Å². The molecule has 0 aromatic heterocycles. The predicted octanol–water partition coefficient (Wildman–Crippen LogP) is 1.85. The Morgan fingerprint density at radius 3 is 3.00 bits per heavy atom. The van der Waals surface area contributed by atoms with Crippen LogP contribution in [0.25, 0.3) is 5.70 Å². The molecular formula is C12H18N2. The number of nitrogens with zero attached hydrogens (tertiary/aromatic N) is 1. The van der Waals surface area contributed by atoms with Crippen molar-refractivity contribution in [2.45, 2.75) is 13.0 Å². The van der Waals surface area contributed by atoms with Crippen LogP contribution in [0.3, 0.4) is 0 Å². The number of hydrogen-bond acceptors (Lipinski definition) is 2. The zero-order valence-electron chi connectivity index (χ0n) is 8.59. The Morgan fingerprint density at radius 2 is 2.29 bits per heavy atom. The topological polar surface area (TPSA) is 29.3 Å². The number of hydrogen-bond donors (Lipinski definition) is 1. The normalized spacial score (nSPS) is 16.4. The molecule has 14 heavy (non-hydrogen) atoms. The SMILES string of the molecule is C=C(N)c1ccc2c(c1)CCN(C)C2.[HH]. The maximum atomic E-state index is 5.67. The first-order chi connectivity index (χ1) is 6.66. The summed E-state index contributed by atoms with van der Waals surface area (Å²) in [5, 5.41) is 0. The van der Waals surface area contributed by atoms with Crippen LogP contribution in [0.4, 0.5) is 0 Å². The highest BCUT2D eigenvalue weighted by atomic mass is 15.1. The van der Waals surface area contributed by atoms with E-state index < -0.39 is 0 Å². The standard InChI is InChI=1S/C12H16N2.H2/c1-9(13)10-3-4-12-8-14(2)6-5-11(12)7-10;/h3-4,7H,1,5-6,8,13H2,2H3;1H. The summed E-state index contributed by atoms with van der Waals surface area (Å²) in [6.07, 6.45) is 1.12. The summed E-state index contributed by atoms with van der Waals surface area (Å²) in [5.41, 5.74) is 10.2. The molecule has 0 fully saturated rings. The van der Waals surface area contributed by atoms with E-state index in [1.807, 2.05) is 0 Å². The number of benzene rings is 1. The average Bonchev–Trinajstić information content (AvgIpc) is 2.16. The van der Waals surface area contributed by atoms with Crippen molar-refractivity contribution in [3.8, 4) is 0 Å². The van der Waals surface area contributed by atoms with Crippen molar-refractivity contribution in [2.24, 2.45) is 5.73 Å².